The van der Waals surface area contributed by atoms with E-state index in [1.807, 2.05) is 0 Å². The van der Waals surface area contributed by atoms with Gasteiger partial charge in [0, 0.05) is 36.6 Å². The van der Waals surface area contributed by atoms with E-state index in [0.717, 1.165) is 0 Å². The third-order valence-corrected chi connectivity index (χ3v) is 4.26. The van der Waals surface area contributed by atoms with Crippen LogP contribution < -0.4 is 10.2 Å². The van der Waals surface area contributed by atoms with Crippen LogP contribution in [0.3, 0.4) is 0 Å². The molecule has 0 aliphatic heterocycles. The average molecular weight is 543 g/mol. The molecule has 0 spiro atoms. The topological polar surface area (TPSA) is 121 Å². The summed E-state index contributed by atoms with van der Waals surface area (Å²) in [6.45, 7) is 0. The number of pyridine rings is 2. The van der Waals surface area contributed by atoms with Crippen LogP contribution in [0.4, 0.5) is 8.78 Å². The molecule has 0 bridgehead atoms. The minimum Gasteiger partial charge on any atom is -0.857 e. The van der Waals surface area contributed by atoms with Crippen molar-refractivity contribution in [1.29, 1.82) is 0 Å². The molecule has 0 saturated heterocycles. The molecule has 2 aromatic carbocycles. The first-order valence-corrected chi connectivity index (χ1v) is 10.4. The minimum absolute atomic E-state index is 0. The van der Waals surface area contributed by atoms with Gasteiger partial charge in [-0.25, -0.2) is 8.78 Å². The van der Waals surface area contributed by atoms with E-state index in [9.17, 15) is 19.0 Å². The molecule has 2 aromatic heterocycles. The van der Waals surface area contributed by atoms with Crippen LogP contribution in [-0.4, -0.2) is 34.2 Å². The van der Waals surface area contributed by atoms with Gasteiger partial charge in [0.2, 0.25) is 0 Å². The summed E-state index contributed by atoms with van der Waals surface area (Å²) in [7, 11) is 0. The standard InChI is InChI=1S/2C13H10FN3O.Co/c2*14-12-3-1-2-10(8-12)9-16-17-13(18)11-4-6-15-7-5-11;/h2*1-9H,(H,17,18);/q;;+2/p-2/b2*16-9+;. The number of aromatic nitrogens is 2. The molecule has 2 heterocycles. The Bertz CT molecular complexity index is 1280. The van der Waals surface area contributed by atoms with E-state index in [1.165, 1.54) is 61.5 Å². The molecule has 0 saturated carbocycles. The van der Waals surface area contributed by atoms with E-state index in [2.05, 4.69) is 30.4 Å². The fraction of sp³-hybridized carbons (Fsp3) is 0. The second kappa shape index (κ2) is 15.4. The van der Waals surface area contributed by atoms with Crippen LogP contribution in [-0.2, 0) is 16.8 Å². The first-order valence-electron chi connectivity index (χ1n) is 10.4. The molecule has 37 heavy (non-hydrogen) atoms. The van der Waals surface area contributed by atoms with Crippen LogP contribution in [0.15, 0.2) is 118 Å². The van der Waals surface area contributed by atoms with Crippen molar-refractivity contribution >= 4 is 24.2 Å². The maximum atomic E-state index is 12.9. The first kappa shape index (κ1) is 28.6. The fourth-order valence-electron chi connectivity index (χ4n) is 2.57. The van der Waals surface area contributed by atoms with E-state index in [1.54, 1.807) is 48.5 Å². The average Bonchev–Trinajstić information content (AvgIpc) is 2.90. The number of benzene rings is 2. The third-order valence-electron chi connectivity index (χ3n) is 4.26. The molecule has 11 heteroatoms. The fourth-order valence-corrected chi connectivity index (χ4v) is 2.57. The Morgan fingerprint density at radius 2 is 1.00 bits per heavy atom. The molecule has 0 aliphatic rings. The van der Waals surface area contributed by atoms with Crippen LogP contribution >= 0.6 is 0 Å². The summed E-state index contributed by atoms with van der Waals surface area (Å²) in [5.74, 6) is -1.66. The maximum Gasteiger partial charge on any atom is 2.00 e. The molecule has 4 aromatic rings. The van der Waals surface area contributed by atoms with Crippen LogP contribution in [0.25, 0.3) is 0 Å². The van der Waals surface area contributed by atoms with Crippen molar-refractivity contribution in [3.8, 4) is 0 Å². The van der Waals surface area contributed by atoms with Crippen molar-refractivity contribution in [2.45, 2.75) is 0 Å². The van der Waals surface area contributed by atoms with Gasteiger partial charge in [0.15, 0.2) is 0 Å². The SMILES string of the molecule is [Co+2].[O-]/C(=N\N=C\c1cccc(F)c1)c1ccncc1.[O-]/C(=N\N=C\c1cccc(F)c1)c1ccncc1. The Morgan fingerprint density at radius 3 is 1.35 bits per heavy atom. The zero-order valence-corrected chi connectivity index (χ0v) is 20.0. The van der Waals surface area contributed by atoms with Crippen molar-refractivity contribution in [3.63, 3.8) is 0 Å². The monoisotopic (exact) mass is 543 g/mol. The van der Waals surface area contributed by atoms with Crippen LogP contribution in [0, 0.1) is 11.6 Å². The van der Waals surface area contributed by atoms with Crippen molar-refractivity contribution in [2.75, 3.05) is 0 Å². The molecule has 187 valence electrons. The van der Waals surface area contributed by atoms with E-state index in [4.69, 9.17) is 0 Å². The second-order valence-corrected chi connectivity index (χ2v) is 6.88. The largest absolute Gasteiger partial charge is 2.00 e. The smallest absolute Gasteiger partial charge is 0.857 e. The molecule has 0 fully saturated rings. The van der Waals surface area contributed by atoms with Crippen LogP contribution in [0.5, 0.6) is 0 Å². The Labute approximate surface area is 221 Å². The van der Waals surface area contributed by atoms with Crippen molar-refractivity contribution < 1.29 is 35.8 Å². The van der Waals surface area contributed by atoms with E-state index >= 15 is 0 Å². The second-order valence-electron chi connectivity index (χ2n) is 6.88. The third kappa shape index (κ3) is 10.3. The maximum absolute atomic E-state index is 12.9. The number of nitrogens with zero attached hydrogens (tertiary/aromatic N) is 6. The van der Waals surface area contributed by atoms with Crippen LogP contribution in [0.2, 0.25) is 0 Å². The van der Waals surface area contributed by atoms with Gasteiger partial charge in [0.25, 0.3) is 0 Å². The summed E-state index contributed by atoms with van der Waals surface area (Å²) in [6, 6.07) is 17.9. The van der Waals surface area contributed by atoms with Crippen molar-refractivity contribution in [1.82, 2.24) is 9.97 Å². The van der Waals surface area contributed by atoms with Crippen molar-refractivity contribution in [3.05, 3.63) is 131 Å². The molecule has 0 unspecified atom stereocenters. The Kier molecular flexibility index (Phi) is 11.9. The molecular weight excluding hydrogens is 525 g/mol. The van der Waals surface area contributed by atoms with Gasteiger partial charge >= 0.3 is 16.8 Å². The van der Waals surface area contributed by atoms with E-state index in [-0.39, 0.29) is 28.4 Å². The van der Waals surface area contributed by atoms with Gasteiger partial charge in [0.1, 0.15) is 11.6 Å². The molecule has 4 rings (SSSR count). The zero-order chi connectivity index (χ0) is 25.6. The number of hydrogen-bond acceptors (Lipinski definition) is 8. The predicted molar refractivity (Wildman–Crippen MR) is 130 cm³/mol. The Morgan fingerprint density at radius 1 is 0.622 bits per heavy atom. The molecule has 0 N–H and O–H groups in total. The summed E-state index contributed by atoms with van der Waals surface area (Å²) in [6.07, 6.45) is 8.64. The summed E-state index contributed by atoms with van der Waals surface area (Å²) in [4.78, 5) is 7.58. The molecule has 0 aliphatic carbocycles. The van der Waals surface area contributed by atoms with Crippen LogP contribution in [0.1, 0.15) is 22.3 Å². The van der Waals surface area contributed by atoms with Gasteiger partial charge in [0.05, 0.1) is 12.4 Å². The Balaban J connectivity index is 0.000000253. The number of rotatable bonds is 6. The number of hydrogen-bond donors (Lipinski definition) is 0. The molecule has 0 amide bonds. The van der Waals surface area contributed by atoms with Gasteiger partial charge in [-0.3, -0.25) is 9.97 Å². The normalized spacial score (nSPS) is 11.6. The van der Waals surface area contributed by atoms with Gasteiger partial charge < -0.3 is 10.2 Å². The Hall–Kier alpha value is -4.61. The quantitative estimate of drug-likeness (QED) is 0.211. The van der Waals surface area contributed by atoms with Gasteiger partial charge in [-0.15, -0.1) is 0 Å². The van der Waals surface area contributed by atoms with Crippen molar-refractivity contribution in [2.24, 2.45) is 20.4 Å². The van der Waals surface area contributed by atoms with Gasteiger partial charge in [-0.2, -0.15) is 20.4 Å². The summed E-state index contributed by atoms with van der Waals surface area (Å²) < 4.78 is 25.7. The summed E-state index contributed by atoms with van der Waals surface area (Å²) in [5, 5.41) is 37.3. The summed E-state index contributed by atoms with van der Waals surface area (Å²) in [5.41, 5.74) is 1.89. The zero-order valence-electron chi connectivity index (χ0n) is 19.0. The molecular formula is C26H18CoF2N6O2. The molecule has 8 nitrogen and oxygen atoms in total. The van der Waals surface area contributed by atoms with Gasteiger partial charge in [-0.1, -0.05) is 24.3 Å². The molecule has 0 atom stereocenters. The first-order chi connectivity index (χ1) is 17.5. The minimum atomic E-state index is -0.468. The molecule has 1 radical (unpaired) electrons. The predicted octanol–water partition coefficient (Wildman–Crippen LogP) is 2.72. The van der Waals surface area contributed by atoms with Gasteiger partial charge in [-0.05, 0) is 70.8 Å². The number of halogens is 2. The summed E-state index contributed by atoms with van der Waals surface area (Å²) >= 11 is 0. The van der Waals surface area contributed by atoms with E-state index < -0.39 is 11.8 Å². The van der Waals surface area contributed by atoms with E-state index in [0.29, 0.717) is 22.3 Å².